The van der Waals surface area contributed by atoms with Crippen LogP contribution >= 0.6 is 0 Å². The number of benzene rings is 1. The zero-order chi connectivity index (χ0) is 15.5. The maximum absolute atomic E-state index is 11.6. The first kappa shape index (κ1) is 15.1. The first-order valence-electron chi connectivity index (χ1n) is 7.70. The second-order valence-electron chi connectivity index (χ2n) is 6.07. The molecule has 2 heterocycles. The van der Waals surface area contributed by atoms with Gasteiger partial charge in [-0.2, -0.15) is 0 Å². The summed E-state index contributed by atoms with van der Waals surface area (Å²) in [6, 6.07) is 6.04. The number of nitrogens with two attached hydrogens (primary N) is 1. The fraction of sp³-hybridized carbons (Fsp3) is 0.562. The largest absolute Gasteiger partial charge is 0.486 e. The zero-order valence-electron chi connectivity index (χ0n) is 13.0. The summed E-state index contributed by atoms with van der Waals surface area (Å²) >= 11 is 0. The summed E-state index contributed by atoms with van der Waals surface area (Å²) in [6.07, 6.45) is 0. The van der Waals surface area contributed by atoms with E-state index in [0.717, 1.165) is 43.2 Å². The highest BCUT2D eigenvalue weighted by Gasteiger charge is 2.25. The molecular formula is C16H23N3O3. The molecule has 3 rings (SSSR count). The minimum absolute atomic E-state index is 0.121. The van der Waals surface area contributed by atoms with Crippen molar-refractivity contribution in [1.29, 1.82) is 0 Å². The van der Waals surface area contributed by atoms with Crippen LogP contribution in [0.3, 0.4) is 0 Å². The van der Waals surface area contributed by atoms with E-state index in [4.69, 9.17) is 15.2 Å². The van der Waals surface area contributed by atoms with Gasteiger partial charge in [0.15, 0.2) is 11.5 Å². The highest BCUT2D eigenvalue weighted by Crippen LogP contribution is 2.31. The van der Waals surface area contributed by atoms with Crippen LogP contribution in [-0.2, 0) is 11.3 Å². The minimum atomic E-state index is -0.221. The van der Waals surface area contributed by atoms with Gasteiger partial charge in [-0.15, -0.1) is 0 Å². The zero-order valence-corrected chi connectivity index (χ0v) is 13.0. The van der Waals surface area contributed by atoms with E-state index in [0.29, 0.717) is 19.8 Å². The number of rotatable bonds is 3. The number of hydrogen-bond acceptors (Lipinski definition) is 5. The van der Waals surface area contributed by atoms with Crippen LogP contribution in [0.2, 0.25) is 0 Å². The summed E-state index contributed by atoms with van der Waals surface area (Å²) in [5.41, 5.74) is 6.68. The van der Waals surface area contributed by atoms with Crippen LogP contribution < -0.4 is 15.2 Å². The van der Waals surface area contributed by atoms with Crippen LogP contribution in [0.15, 0.2) is 18.2 Å². The van der Waals surface area contributed by atoms with Crippen molar-refractivity contribution in [2.24, 2.45) is 11.7 Å². The molecule has 0 spiro atoms. The second-order valence-corrected chi connectivity index (χ2v) is 6.07. The van der Waals surface area contributed by atoms with Gasteiger partial charge < -0.3 is 20.1 Å². The summed E-state index contributed by atoms with van der Waals surface area (Å²) < 4.78 is 11.2. The van der Waals surface area contributed by atoms with Crippen molar-refractivity contribution in [3.05, 3.63) is 23.8 Å². The lowest BCUT2D eigenvalue weighted by Crippen LogP contribution is -2.37. The van der Waals surface area contributed by atoms with Gasteiger partial charge in [0.1, 0.15) is 13.2 Å². The van der Waals surface area contributed by atoms with Gasteiger partial charge in [0.25, 0.3) is 0 Å². The summed E-state index contributed by atoms with van der Waals surface area (Å²) in [4.78, 5) is 16.0. The first-order chi connectivity index (χ1) is 10.6. The Labute approximate surface area is 130 Å². The lowest BCUT2D eigenvalue weighted by Gasteiger charge is -2.24. The van der Waals surface area contributed by atoms with E-state index in [2.05, 4.69) is 15.9 Å². The second kappa shape index (κ2) is 6.54. The molecular weight excluding hydrogens is 282 g/mol. The minimum Gasteiger partial charge on any atom is -0.486 e. The van der Waals surface area contributed by atoms with Crippen LogP contribution in [0.4, 0.5) is 0 Å². The molecule has 1 atom stereocenters. The molecule has 120 valence electrons. The number of carbonyl (C=O) groups excluding carboxylic acids is 1. The van der Waals surface area contributed by atoms with Crippen molar-refractivity contribution in [3.63, 3.8) is 0 Å². The highest BCUT2D eigenvalue weighted by atomic mass is 16.6. The Morgan fingerprint density at radius 1 is 1.23 bits per heavy atom. The summed E-state index contributed by atoms with van der Waals surface area (Å²) in [7, 11) is 2.03. The molecule has 0 saturated carbocycles. The molecule has 22 heavy (non-hydrogen) atoms. The van der Waals surface area contributed by atoms with Crippen LogP contribution in [0, 0.1) is 5.92 Å². The Morgan fingerprint density at radius 3 is 2.77 bits per heavy atom. The molecule has 1 fully saturated rings. The number of amides is 1. The summed E-state index contributed by atoms with van der Waals surface area (Å²) in [5, 5.41) is 0. The number of likely N-dealkylation sites (N-methyl/N-ethyl adjacent to an activating group) is 1. The monoisotopic (exact) mass is 305 g/mol. The van der Waals surface area contributed by atoms with Crippen molar-refractivity contribution in [2.45, 2.75) is 6.54 Å². The quantitative estimate of drug-likeness (QED) is 0.870. The topological polar surface area (TPSA) is 68.0 Å². The molecule has 2 aliphatic rings. The van der Waals surface area contributed by atoms with Gasteiger partial charge in [0.2, 0.25) is 5.91 Å². The molecule has 0 aliphatic carbocycles. The molecule has 0 unspecified atom stereocenters. The van der Waals surface area contributed by atoms with Gasteiger partial charge in [-0.05, 0) is 24.7 Å². The van der Waals surface area contributed by atoms with Crippen molar-refractivity contribution in [3.8, 4) is 11.5 Å². The Morgan fingerprint density at radius 2 is 2.00 bits per heavy atom. The van der Waals surface area contributed by atoms with E-state index in [1.165, 1.54) is 0 Å². The first-order valence-corrected chi connectivity index (χ1v) is 7.70. The Hall–Kier alpha value is -1.79. The van der Waals surface area contributed by atoms with Crippen LogP contribution in [-0.4, -0.2) is 62.1 Å². The van der Waals surface area contributed by atoms with Crippen LogP contribution in [0.1, 0.15) is 5.56 Å². The summed E-state index contributed by atoms with van der Waals surface area (Å²) in [6.45, 7) is 5.28. The average molecular weight is 305 g/mol. The average Bonchev–Trinajstić information content (AvgIpc) is 2.69. The number of nitrogens with zero attached hydrogens (tertiary/aromatic N) is 2. The van der Waals surface area contributed by atoms with E-state index in [1.807, 2.05) is 19.2 Å². The van der Waals surface area contributed by atoms with Gasteiger partial charge in [-0.1, -0.05) is 6.07 Å². The fourth-order valence-corrected chi connectivity index (χ4v) is 3.01. The molecule has 0 radical (unpaired) electrons. The Balaban J connectivity index is 1.70. The van der Waals surface area contributed by atoms with Gasteiger partial charge >= 0.3 is 0 Å². The molecule has 6 nitrogen and oxygen atoms in total. The molecule has 0 aromatic heterocycles. The van der Waals surface area contributed by atoms with Gasteiger partial charge in [-0.25, -0.2) is 0 Å². The van der Waals surface area contributed by atoms with Crippen molar-refractivity contribution in [1.82, 2.24) is 9.80 Å². The Bertz CT molecular complexity index is 549. The van der Waals surface area contributed by atoms with Crippen LogP contribution in [0.25, 0.3) is 0 Å². The molecule has 1 aromatic rings. The molecule has 1 aromatic carbocycles. The van der Waals surface area contributed by atoms with Gasteiger partial charge in [-0.3, -0.25) is 9.69 Å². The SMILES string of the molecule is CN1CCN(Cc2ccc3c(c2)OCCO3)C[C@H](C(N)=O)C1. The van der Waals surface area contributed by atoms with Crippen LogP contribution in [0.5, 0.6) is 11.5 Å². The third-order valence-electron chi connectivity index (χ3n) is 4.22. The van der Waals surface area contributed by atoms with E-state index in [1.54, 1.807) is 0 Å². The molecule has 1 saturated heterocycles. The number of primary amides is 1. The normalized spacial score (nSPS) is 23.0. The fourth-order valence-electron chi connectivity index (χ4n) is 3.01. The predicted octanol–water partition coefficient (Wildman–Crippen LogP) is 0.307. The molecule has 2 N–H and O–H groups in total. The van der Waals surface area contributed by atoms with Gasteiger partial charge in [0.05, 0.1) is 5.92 Å². The molecule has 0 bridgehead atoms. The number of carbonyl (C=O) groups is 1. The lowest BCUT2D eigenvalue weighted by atomic mass is 10.1. The third-order valence-corrected chi connectivity index (χ3v) is 4.22. The Kier molecular flexibility index (Phi) is 4.49. The van der Waals surface area contributed by atoms with Crippen molar-refractivity contribution < 1.29 is 14.3 Å². The number of fused-ring (bicyclic) bond motifs is 1. The van der Waals surface area contributed by atoms with Gasteiger partial charge in [0, 0.05) is 32.7 Å². The smallest absolute Gasteiger partial charge is 0.223 e. The van der Waals surface area contributed by atoms with E-state index in [-0.39, 0.29) is 11.8 Å². The molecule has 1 amide bonds. The summed E-state index contributed by atoms with van der Waals surface area (Å²) in [5.74, 6) is 1.27. The third kappa shape index (κ3) is 3.51. The lowest BCUT2D eigenvalue weighted by molar-refractivity contribution is -0.122. The predicted molar refractivity (Wildman–Crippen MR) is 82.9 cm³/mol. The highest BCUT2D eigenvalue weighted by molar-refractivity contribution is 5.77. The number of ether oxygens (including phenoxy) is 2. The van der Waals surface area contributed by atoms with Crippen molar-refractivity contribution >= 4 is 5.91 Å². The van der Waals surface area contributed by atoms with E-state index in [9.17, 15) is 4.79 Å². The number of hydrogen-bond donors (Lipinski definition) is 1. The van der Waals surface area contributed by atoms with E-state index >= 15 is 0 Å². The van der Waals surface area contributed by atoms with E-state index < -0.39 is 0 Å². The molecule has 6 heteroatoms. The maximum atomic E-state index is 11.6. The van der Waals surface area contributed by atoms with Crippen molar-refractivity contribution in [2.75, 3.05) is 46.4 Å². The maximum Gasteiger partial charge on any atom is 0.223 e. The standard InChI is InChI=1S/C16H23N3O3/c1-18-4-5-19(11-13(10-18)16(17)20)9-12-2-3-14-15(8-12)22-7-6-21-14/h2-3,8,13H,4-7,9-11H2,1H3,(H2,17,20)/t13-/m1/s1. The molecule has 2 aliphatic heterocycles.